The smallest absolute Gasteiger partial charge is 0.303 e. The lowest BCUT2D eigenvalue weighted by Gasteiger charge is -2.08. The van der Waals surface area contributed by atoms with Gasteiger partial charge in [0.1, 0.15) is 0 Å². The Labute approximate surface area is 229 Å². The largest absolute Gasteiger partial charge is 0.481 e. The van der Waals surface area contributed by atoms with Gasteiger partial charge in [0.25, 0.3) is 11.8 Å². The van der Waals surface area contributed by atoms with Crippen LogP contribution in [-0.4, -0.2) is 28.7 Å². The predicted octanol–water partition coefficient (Wildman–Crippen LogP) is 5.49. The van der Waals surface area contributed by atoms with Crippen LogP contribution in [0.3, 0.4) is 0 Å². The molecule has 2 amide bonds. The Kier molecular flexibility index (Phi) is 7.28. The Balaban J connectivity index is 1.29. The molecule has 3 aromatic carbocycles. The number of furan rings is 1. The molecular formula is C31H25N3O6. The number of nitrogens with one attached hydrogen (secondary N) is 3. The highest BCUT2D eigenvalue weighted by molar-refractivity contribution is 6.32. The second-order valence-electron chi connectivity index (χ2n) is 9.30. The average molecular weight is 536 g/mol. The number of benzene rings is 3. The number of carbonyl (C=O) groups excluding carboxylic acids is 3. The van der Waals surface area contributed by atoms with Gasteiger partial charge in [-0.25, -0.2) is 0 Å². The van der Waals surface area contributed by atoms with E-state index in [-0.39, 0.29) is 23.9 Å². The number of hydrogen-bond donors (Lipinski definition) is 4. The molecule has 0 fully saturated rings. The zero-order valence-corrected chi connectivity index (χ0v) is 21.5. The monoisotopic (exact) mass is 535 g/mol. The molecule has 0 saturated heterocycles. The third-order valence-electron chi connectivity index (χ3n) is 6.48. The summed E-state index contributed by atoms with van der Waals surface area (Å²) in [7, 11) is 0. The highest BCUT2D eigenvalue weighted by Gasteiger charge is 2.25. The zero-order chi connectivity index (χ0) is 28.2. The van der Waals surface area contributed by atoms with E-state index in [9.17, 15) is 19.2 Å². The first-order chi connectivity index (χ1) is 19.3. The number of aliphatic carboxylic acids is 1. The van der Waals surface area contributed by atoms with Crippen molar-refractivity contribution in [1.82, 2.24) is 0 Å². The minimum Gasteiger partial charge on any atom is -0.481 e. The minimum absolute atomic E-state index is 0.0613. The van der Waals surface area contributed by atoms with Crippen molar-refractivity contribution in [2.75, 3.05) is 16.0 Å². The molecule has 200 valence electrons. The summed E-state index contributed by atoms with van der Waals surface area (Å²) in [5.74, 6) is -1.61. The van der Waals surface area contributed by atoms with Crippen molar-refractivity contribution < 1.29 is 28.7 Å². The van der Waals surface area contributed by atoms with Gasteiger partial charge in [-0.05, 0) is 55.3 Å². The fourth-order valence-electron chi connectivity index (χ4n) is 4.35. The molecule has 1 aromatic heterocycles. The molecule has 0 spiro atoms. The van der Waals surface area contributed by atoms with Gasteiger partial charge in [0.2, 0.25) is 0 Å². The van der Waals surface area contributed by atoms with E-state index in [1.54, 1.807) is 61.7 Å². The van der Waals surface area contributed by atoms with Gasteiger partial charge in [0, 0.05) is 51.9 Å². The number of fused-ring (bicyclic) bond motifs is 1. The molecule has 4 aromatic rings. The van der Waals surface area contributed by atoms with Crippen molar-refractivity contribution in [2.45, 2.75) is 19.8 Å². The number of carbonyl (C=O) groups is 4. The minimum atomic E-state index is -0.846. The van der Waals surface area contributed by atoms with Crippen LogP contribution in [-0.2, 0) is 16.0 Å². The number of carboxylic acids is 1. The number of ketones is 1. The van der Waals surface area contributed by atoms with Crippen LogP contribution in [0.5, 0.6) is 0 Å². The Morgan fingerprint density at radius 2 is 1.73 bits per heavy atom. The highest BCUT2D eigenvalue weighted by Crippen LogP contribution is 2.33. The van der Waals surface area contributed by atoms with E-state index in [1.807, 2.05) is 24.3 Å². The third-order valence-corrected chi connectivity index (χ3v) is 6.48. The maximum atomic E-state index is 13.2. The second-order valence-corrected chi connectivity index (χ2v) is 9.30. The van der Waals surface area contributed by atoms with Crippen LogP contribution < -0.4 is 16.0 Å². The summed E-state index contributed by atoms with van der Waals surface area (Å²) in [6.07, 6.45) is 3.54. The fraction of sp³-hybridized carbons (Fsp3) is 0.0968. The van der Waals surface area contributed by atoms with Crippen molar-refractivity contribution in [3.05, 3.63) is 119 Å². The third kappa shape index (κ3) is 5.68. The van der Waals surface area contributed by atoms with Crippen molar-refractivity contribution in [2.24, 2.45) is 0 Å². The summed E-state index contributed by atoms with van der Waals surface area (Å²) in [4.78, 5) is 49.2. The molecule has 0 atom stereocenters. The van der Waals surface area contributed by atoms with Crippen LogP contribution >= 0.6 is 0 Å². The van der Waals surface area contributed by atoms with Crippen LogP contribution in [0.25, 0.3) is 5.57 Å². The summed E-state index contributed by atoms with van der Waals surface area (Å²) in [5.41, 5.74) is 5.16. The number of carboxylic acid groups (broad SMARTS) is 1. The Morgan fingerprint density at radius 1 is 0.950 bits per heavy atom. The van der Waals surface area contributed by atoms with Crippen LogP contribution in [0.1, 0.15) is 49.6 Å². The average Bonchev–Trinajstić information content (AvgIpc) is 3.52. The lowest BCUT2D eigenvalue weighted by molar-refractivity contribution is -0.137. The van der Waals surface area contributed by atoms with Gasteiger partial charge in [-0.2, -0.15) is 0 Å². The van der Waals surface area contributed by atoms with Crippen LogP contribution in [0.4, 0.5) is 17.1 Å². The summed E-state index contributed by atoms with van der Waals surface area (Å²) in [6.45, 7) is 1.77. The van der Waals surface area contributed by atoms with Gasteiger partial charge in [-0.1, -0.05) is 36.4 Å². The molecule has 0 radical (unpaired) electrons. The van der Waals surface area contributed by atoms with Gasteiger partial charge >= 0.3 is 5.97 Å². The quantitative estimate of drug-likeness (QED) is 0.164. The molecule has 9 nitrogen and oxygen atoms in total. The Morgan fingerprint density at radius 3 is 2.45 bits per heavy atom. The Bertz CT molecular complexity index is 1670. The first-order valence-corrected chi connectivity index (χ1v) is 12.5. The number of anilines is 3. The van der Waals surface area contributed by atoms with Crippen molar-refractivity contribution >= 4 is 46.2 Å². The molecule has 0 unspecified atom stereocenters. The van der Waals surface area contributed by atoms with Crippen LogP contribution in [0.15, 0.2) is 89.7 Å². The van der Waals surface area contributed by atoms with Gasteiger partial charge in [-0.3, -0.25) is 19.2 Å². The molecule has 1 aliphatic heterocycles. The fourth-order valence-corrected chi connectivity index (χ4v) is 4.35. The molecular weight excluding hydrogens is 510 g/mol. The number of amides is 2. The summed E-state index contributed by atoms with van der Waals surface area (Å²) >= 11 is 0. The normalized spacial score (nSPS) is 13.0. The predicted molar refractivity (Wildman–Crippen MR) is 150 cm³/mol. The van der Waals surface area contributed by atoms with Crippen LogP contribution in [0.2, 0.25) is 0 Å². The van der Waals surface area contributed by atoms with E-state index in [0.29, 0.717) is 45.6 Å². The number of hydrogen-bond acceptors (Lipinski definition) is 6. The van der Waals surface area contributed by atoms with Crippen LogP contribution in [0, 0.1) is 6.92 Å². The molecule has 9 heteroatoms. The van der Waals surface area contributed by atoms with E-state index >= 15 is 0 Å². The van der Waals surface area contributed by atoms with E-state index < -0.39 is 11.9 Å². The first-order valence-electron chi connectivity index (χ1n) is 12.5. The lowest BCUT2D eigenvalue weighted by Crippen LogP contribution is -2.12. The Hall–Kier alpha value is -5.44. The molecule has 0 bridgehead atoms. The summed E-state index contributed by atoms with van der Waals surface area (Å²) in [5, 5.41) is 17.5. The van der Waals surface area contributed by atoms with E-state index in [4.69, 9.17) is 9.52 Å². The lowest BCUT2D eigenvalue weighted by atomic mass is 9.99. The topological polar surface area (TPSA) is 138 Å². The van der Waals surface area contributed by atoms with E-state index in [1.165, 1.54) is 6.26 Å². The molecule has 4 N–H and O–H groups in total. The molecule has 2 heterocycles. The number of aryl methyl sites for hydroxylation is 2. The maximum Gasteiger partial charge on any atom is 0.303 e. The SMILES string of the molecule is Cc1ccoc1C(=O)Nc1cccc(C(=O)c2ccc3c(c2)NC(=O)C3=CNc2ccc(CCC(=O)O)cc2)c1. The first kappa shape index (κ1) is 26.2. The van der Waals surface area contributed by atoms with Gasteiger partial charge in [-0.15, -0.1) is 0 Å². The van der Waals surface area contributed by atoms with Gasteiger partial charge in [0.05, 0.1) is 11.8 Å². The van der Waals surface area contributed by atoms with E-state index in [0.717, 1.165) is 11.3 Å². The standard InChI is InChI=1S/C31H25N3O6/c1-18-13-14-40-29(18)31(39)33-23-4-2-3-20(15-23)28(37)21-8-11-24-25(30(38)34-26(24)16-21)17-32-22-9-5-19(6-10-22)7-12-27(35)36/h2-6,8-11,13-17,32H,7,12H2,1H3,(H,33,39)(H,34,38)(H,35,36). The molecule has 0 aliphatic carbocycles. The van der Waals surface area contributed by atoms with Crippen molar-refractivity contribution in [3.63, 3.8) is 0 Å². The molecule has 5 rings (SSSR count). The molecule has 40 heavy (non-hydrogen) atoms. The maximum absolute atomic E-state index is 13.2. The van der Waals surface area contributed by atoms with Crippen molar-refractivity contribution in [1.29, 1.82) is 0 Å². The highest BCUT2D eigenvalue weighted by atomic mass is 16.4. The zero-order valence-electron chi connectivity index (χ0n) is 21.5. The van der Waals surface area contributed by atoms with Gasteiger partial charge in [0.15, 0.2) is 11.5 Å². The molecule has 0 saturated carbocycles. The second kappa shape index (κ2) is 11.1. The molecule has 1 aliphatic rings. The summed E-state index contributed by atoms with van der Waals surface area (Å²) < 4.78 is 5.23. The van der Waals surface area contributed by atoms with Gasteiger partial charge < -0.3 is 25.5 Å². The number of rotatable bonds is 9. The summed E-state index contributed by atoms with van der Waals surface area (Å²) in [6, 6.07) is 20.6. The van der Waals surface area contributed by atoms with E-state index in [2.05, 4.69) is 16.0 Å². The van der Waals surface area contributed by atoms with Crippen molar-refractivity contribution in [3.8, 4) is 0 Å².